The highest BCUT2D eigenvalue weighted by Crippen LogP contribution is 2.22. The van der Waals surface area contributed by atoms with Gasteiger partial charge in [-0.1, -0.05) is 6.42 Å². The van der Waals surface area contributed by atoms with Crippen LogP contribution in [0.3, 0.4) is 0 Å². The number of ether oxygens (including phenoxy) is 1. The molecule has 17 heavy (non-hydrogen) atoms. The molecule has 92 valence electrons. The molecule has 2 rings (SSSR count). The lowest BCUT2D eigenvalue weighted by Crippen LogP contribution is -2.21. The first-order valence-electron chi connectivity index (χ1n) is 5.92. The van der Waals surface area contributed by atoms with Crippen LogP contribution in [0.25, 0.3) is 0 Å². The van der Waals surface area contributed by atoms with Gasteiger partial charge < -0.3 is 10.5 Å². The number of halogens is 1. The molecule has 3 nitrogen and oxygen atoms in total. The van der Waals surface area contributed by atoms with E-state index >= 15 is 0 Å². The van der Waals surface area contributed by atoms with Gasteiger partial charge in [-0.15, -0.1) is 0 Å². The Bertz CT molecular complexity index is 394. The van der Waals surface area contributed by atoms with Gasteiger partial charge in [-0.05, 0) is 66.5 Å². The molecule has 0 aromatic heterocycles. The Kier molecular flexibility index (Phi) is 4.25. The van der Waals surface area contributed by atoms with Crippen LogP contribution in [0.5, 0.6) is 0 Å². The van der Waals surface area contributed by atoms with E-state index in [1.165, 1.54) is 6.42 Å². The molecule has 1 aromatic rings. The van der Waals surface area contributed by atoms with Crippen LogP contribution < -0.4 is 5.73 Å². The van der Waals surface area contributed by atoms with Gasteiger partial charge in [-0.2, -0.15) is 0 Å². The summed E-state index contributed by atoms with van der Waals surface area (Å²) in [6.45, 7) is 0. The van der Waals surface area contributed by atoms with Crippen LogP contribution in [0.15, 0.2) is 18.2 Å². The van der Waals surface area contributed by atoms with Crippen LogP contribution in [0.4, 0.5) is 5.69 Å². The minimum absolute atomic E-state index is 0.0929. The van der Waals surface area contributed by atoms with Gasteiger partial charge in [0.25, 0.3) is 0 Å². The smallest absolute Gasteiger partial charge is 0.338 e. The Hall–Kier alpha value is -0.780. The number of carbonyl (C=O) groups is 1. The molecule has 1 aromatic carbocycles. The quantitative estimate of drug-likeness (QED) is 0.508. The van der Waals surface area contributed by atoms with Gasteiger partial charge in [-0.25, -0.2) is 4.79 Å². The highest BCUT2D eigenvalue weighted by Gasteiger charge is 2.19. The normalized spacial score (nSPS) is 16.8. The zero-order chi connectivity index (χ0) is 12.3. The number of hydrogen-bond donors (Lipinski definition) is 1. The van der Waals surface area contributed by atoms with Crippen molar-refractivity contribution in [2.24, 2.45) is 0 Å². The Balaban J connectivity index is 2.03. The summed E-state index contributed by atoms with van der Waals surface area (Å²) in [6.07, 6.45) is 5.65. The summed E-state index contributed by atoms with van der Waals surface area (Å²) in [5, 5.41) is 0. The maximum atomic E-state index is 11.9. The van der Waals surface area contributed by atoms with Crippen molar-refractivity contribution in [2.75, 3.05) is 5.73 Å². The molecule has 0 bridgehead atoms. The summed E-state index contributed by atoms with van der Waals surface area (Å²) < 4.78 is 6.45. The zero-order valence-electron chi connectivity index (χ0n) is 9.62. The molecule has 0 spiro atoms. The van der Waals surface area contributed by atoms with Crippen molar-refractivity contribution in [1.29, 1.82) is 0 Å². The molecule has 1 aliphatic carbocycles. The molecule has 1 aliphatic rings. The van der Waals surface area contributed by atoms with E-state index in [-0.39, 0.29) is 12.1 Å². The van der Waals surface area contributed by atoms with E-state index < -0.39 is 0 Å². The Labute approximate surface area is 115 Å². The second-order valence-electron chi connectivity index (χ2n) is 4.44. The SMILES string of the molecule is Nc1cc(I)cc(C(=O)OC2CCCCC2)c1. The van der Waals surface area contributed by atoms with Crippen molar-refractivity contribution in [2.45, 2.75) is 38.2 Å². The molecule has 0 amide bonds. The number of hydrogen-bond acceptors (Lipinski definition) is 3. The van der Waals surface area contributed by atoms with Crippen molar-refractivity contribution >= 4 is 34.2 Å². The van der Waals surface area contributed by atoms with E-state index in [0.717, 1.165) is 29.3 Å². The lowest BCUT2D eigenvalue weighted by molar-refractivity contribution is 0.0211. The van der Waals surface area contributed by atoms with Crippen molar-refractivity contribution in [3.63, 3.8) is 0 Å². The third-order valence-electron chi connectivity index (χ3n) is 2.98. The Morgan fingerprint density at radius 2 is 1.94 bits per heavy atom. The Morgan fingerprint density at radius 1 is 1.24 bits per heavy atom. The Morgan fingerprint density at radius 3 is 2.59 bits per heavy atom. The summed E-state index contributed by atoms with van der Waals surface area (Å²) in [7, 11) is 0. The molecule has 0 radical (unpaired) electrons. The first kappa shape index (κ1) is 12.7. The van der Waals surface area contributed by atoms with Gasteiger partial charge in [0.1, 0.15) is 6.10 Å². The van der Waals surface area contributed by atoms with Crippen LogP contribution in [-0.2, 0) is 4.74 Å². The van der Waals surface area contributed by atoms with Gasteiger partial charge in [-0.3, -0.25) is 0 Å². The summed E-state index contributed by atoms with van der Waals surface area (Å²) in [5.41, 5.74) is 6.88. The van der Waals surface area contributed by atoms with Gasteiger partial charge in [0, 0.05) is 9.26 Å². The third-order valence-corrected chi connectivity index (χ3v) is 3.60. The highest BCUT2D eigenvalue weighted by atomic mass is 127. The van der Waals surface area contributed by atoms with Crippen molar-refractivity contribution < 1.29 is 9.53 Å². The van der Waals surface area contributed by atoms with Crippen molar-refractivity contribution in [3.8, 4) is 0 Å². The number of nitrogen functional groups attached to an aromatic ring is 1. The molecule has 1 fully saturated rings. The molecule has 0 aliphatic heterocycles. The van der Waals surface area contributed by atoms with Gasteiger partial charge >= 0.3 is 5.97 Å². The topological polar surface area (TPSA) is 52.3 Å². The van der Waals surface area contributed by atoms with E-state index in [2.05, 4.69) is 22.6 Å². The predicted molar refractivity (Wildman–Crippen MR) is 75.9 cm³/mol. The second-order valence-corrected chi connectivity index (χ2v) is 5.68. The first-order valence-corrected chi connectivity index (χ1v) is 7.00. The van der Waals surface area contributed by atoms with Crippen LogP contribution >= 0.6 is 22.6 Å². The molecule has 0 saturated heterocycles. The summed E-state index contributed by atoms with van der Waals surface area (Å²) in [5.74, 6) is -0.248. The lowest BCUT2D eigenvalue weighted by atomic mass is 9.98. The molecule has 0 atom stereocenters. The monoisotopic (exact) mass is 345 g/mol. The van der Waals surface area contributed by atoms with E-state index in [0.29, 0.717) is 11.3 Å². The number of carbonyl (C=O) groups excluding carboxylic acids is 1. The fourth-order valence-corrected chi connectivity index (χ4v) is 2.83. The van der Waals surface area contributed by atoms with Crippen LogP contribution in [0.2, 0.25) is 0 Å². The number of anilines is 1. The molecule has 2 N–H and O–H groups in total. The number of benzene rings is 1. The molecular weight excluding hydrogens is 329 g/mol. The summed E-state index contributed by atoms with van der Waals surface area (Å²) in [4.78, 5) is 11.9. The lowest BCUT2D eigenvalue weighted by Gasteiger charge is -2.21. The van der Waals surface area contributed by atoms with Crippen molar-refractivity contribution in [1.82, 2.24) is 0 Å². The number of rotatable bonds is 2. The molecule has 1 saturated carbocycles. The predicted octanol–water partition coefficient (Wildman–Crippen LogP) is 3.36. The van der Waals surface area contributed by atoms with E-state index in [9.17, 15) is 4.79 Å². The largest absolute Gasteiger partial charge is 0.459 e. The molecule has 0 unspecified atom stereocenters. The molecule has 0 heterocycles. The summed E-state index contributed by atoms with van der Waals surface area (Å²) >= 11 is 2.15. The van der Waals surface area contributed by atoms with Crippen LogP contribution in [0.1, 0.15) is 42.5 Å². The van der Waals surface area contributed by atoms with E-state index in [4.69, 9.17) is 10.5 Å². The molecule has 4 heteroatoms. The minimum atomic E-state index is -0.248. The van der Waals surface area contributed by atoms with Gasteiger partial charge in [0.2, 0.25) is 0 Å². The maximum Gasteiger partial charge on any atom is 0.338 e. The highest BCUT2D eigenvalue weighted by molar-refractivity contribution is 14.1. The third kappa shape index (κ3) is 3.59. The van der Waals surface area contributed by atoms with Gasteiger partial charge in [0.05, 0.1) is 5.56 Å². The first-order chi connectivity index (χ1) is 8.15. The maximum absolute atomic E-state index is 11.9. The van der Waals surface area contributed by atoms with Crippen LogP contribution in [-0.4, -0.2) is 12.1 Å². The van der Waals surface area contributed by atoms with E-state index in [1.807, 2.05) is 12.1 Å². The fourth-order valence-electron chi connectivity index (χ4n) is 2.13. The molecular formula is C13H16INO2. The standard InChI is InChI=1S/C13H16INO2/c14-10-6-9(7-11(15)8-10)13(16)17-12-4-2-1-3-5-12/h6-8,12H,1-5,15H2. The van der Waals surface area contributed by atoms with Gasteiger partial charge in [0.15, 0.2) is 0 Å². The summed E-state index contributed by atoms with van der Waals surface area (Å²) in [6, 6.07) is 5.31. The fraction of sp³-hybridized carbons (Fsp3) is 0.462. The number of esters is 1. The average molecular weight is 345 g/mol. The van der Waals surface area contributed by atoms with E-state index in [1.54, 1.807) is 6.07 Å². The number of nitrogens with two attached hydrogens (primary N) is 1. The van der Waals surface area contributed by atoms with Crippen molar-refractivity contribution in [3.05, 3.63) is 27.3 Å². The van der Waals surface area contributed by atoms with Crippen LogP contribution in [0, 0.1) is 3.57 Å². The zero-order valence-corrected chi connectivity index (χ0v) is 11.8. The second kappa shape index (κ2) is 5.71. The minimum Gasteiger partial charge on any atom is -0.459 e. The average Bonchev–Trinajstić information content (AvgIpc) is 2.29.